The fraction of sp³-hybridized carbons (Fsp3) is 0.375. The first kappa shape index (κ1) is 12.5. The van der Waals surface area contributed by atoms with Gasteiger partial charge in [0.25, 0.3) is 0 Å². The summed E-state index contributed by atoms with van der Waals surface area (Å²) >= 11 is 0. The molecule has 0 bridgehead atoms. The summed E-state index contributed by atoms with van der Waals surface area (Å²) in [6, 6.07) is 0.520. The third-order valence-corrected chi connectivity index (χ3v) is 1.85. The van der Waals surface area contributed by atoms with Crippen molar-refractivity contribution in [2.75, 3.05) is 0 Å². The number of hydrogen-bond acceptors (Lipinski definition) is 1. The number of carbonyl (C=O) groups is 1. The van der Waals surface area contributed by atoms with Crippen LogP contribution in [-0.4, -0.2) is 22.2 Å². The van der Waals surface area contributed by atoms with Crippen LogP contribution in [0.2, 0.25) is 0 Å². The molecule has 2 N–H and O–H groups in total. The highest BCUT2D eigenvalue weighted by Gasteiger charge is 2.59. The number of aromatic nitrogens is 1. The minimum atomic E-state index is -5.75. The SMILES string of the molecule is O=C(O)Cc1[nH]ccc1C(F)(F)C(F)(F)F. The van der Waals surface area contributed by atoms with Crippen molar-refractivity contribution in [3.8, 4) is 0 Å². The Morgan fingerprint density at radius 2 is 1.88 bits per heavy atom. The summed E-state index contributed by atoms with van der Waals surface area (Å²) in [6.07, 6.45) is -5.83. The second kappa shape index (κ2) is 3.76. The molecule has 16 heavy (non-hydrogen) atoms. The van der Waals surface area contributed by atoms with E-state index >= 15 is 0 Å². The van der Waals surface area contributed by atoms with E-state index in [9.17, 15) is 26.7 Å². The van der Waals surface area contributed by atoms with Crippen molar-refractivity contribution in [1.82, 2.24) is 4.98 Å². The Labute approximate surface area is 85.9 Å². The number of aromatic amines is 1. The first-order valence-electron chi connectivity index (χ1n) is 3.99. The number of rotatable bonds is 3. The van der Waals surface area contributed by atoms with Gasteiger partial charge in [-0.15, -0.1) is 0 Å². The molecule has 0 aliphatic heterocycles. The number of aliphatic carboxylic acids is 1. The van der Waals surface area contributed by atoms with Crippen molar-refractivity contribution < 1.29 is 31.9 Å². The molecule has 1 rings (SSSR count). The van der Waals surface area contributed by atoms with Gasteiger partial charge in [-0.1, -0.05) is 0 Å². The number of nitrogens with one attached hydrogen (secondary N) is 1. The van der Waals surface area contributed by atoms with E-state index < -0.39 is 35.7 Å². The van der Waals surface area contributed by atoms with Gasteiger partial charge in [-0.3, -0.25) is 4.79 Å². The van der Waals surface area contributed by atoms with Gasteiger partial charge in [0.15, 0.2) is 0 Å². The molecule has 0 spiro atoms. The van der Waals surface area contributed by atoms with Gasteiger partial charge in [0.05, 0.1) is 12.0 Å². The number of carboxylic acid groups (broad SMARTS) is 1. The van der Waals surface area contributed by atoms with Crippen LogP contribution in [0.5, 0.6) is 0 Å². The van der Waals surface area contributed by atoms with Gasteiger partial charge in [0, 0.05) is 11.9 Å². The van der Waals surface area contributed by atoms with Crippen LogP contribution in [0.1, 0.15) is 11.3 Å². The van der Waals surface area contributed by atoms with Gasteiger partial charge in [0.2, 0.25) is 0 Å². The monoisotopic (exact) mass is 243 g/mol. The van der Waals surface area contributed by atoms with Crippen molar-refractivity contribution in [3.05, 3.63) is 23.5 Å². The number of halogens is 5. The van der Waals surface area contributed by atoms with Crippen LogP contribution in [-0.2, 0) is 17.1 Å². The highest BCUT2D eigenvalue weighted by Crippen LogP contribution is 2.44. The molecule has 0 aliphatic rings. The van der Waals surface area contributed by atoms with E-state index in [4.69, 9.17) is 5.11 Å². The zero-order valence-corrected chi connectivity index (χ0v) is 7.61. The molecule has 0 radical (unpaired) electrons. The van der Waals surface area contributed by atoms with Crippen LogP contribution in [0, 0.1) is 0 Å². The molecule has 0 fully saturated rings. The second-order valence-corrected chi connectivity index (χ2v) is 3.01. The minimum Gasteiger partial charge on any atom is -0.481 e. The smallest absolute Gasteiger partial charge is 0.458 e. The third-order valence-electron chi connectivity index (χ3n) is 1.85. The van der Waals surface area contributed by atoms with Crippen molar-refractivity contribution in [2.24, 2.45) is 0 Å². The van der Waals surface area contributed by atoms with Gasteiger partial charge in [-0.05, 0) is 6.07 Å². The normalized spacial score (nSPS) is 12.8. The molecule has 0 amide bonds. The van der Waals surface area contributed by atoms with E-state index in [1.165, 1.54) is 0 Å². The largest absolute Gasteiger partial charge is 0.481 e. The first-order valence-corrected chi connectivity index (χ1v) is 3.99. The Morgan fingerprint density at radius 1 is 1.31 bits per heavy atom. The molecular formula is C8H6F5NO2. The number of alkyl halides is 5. The zero-order valence-electron chi connectivity index (χ0n) is 7.61. The van der Waals surface area contributed by atoms with Crippen LogP contribution < -0.4 is 0 Å². The lowest BCUT2D eigenvalue weighted by Crippen LogP contribution is -2.34. The van der Waals surface area contributed by atoms with Crippen LogP contribution in [0.4, 0.5) is 22.0 Å². The highest BCUT2D eigenvalue weighted by atomic mass is 19.4. The predicted octanol–water partition coefficient (Wildman–Crippen LogP) is 2.30. The predicted molar refractivity (Wildman–Crippen MR) is 42.1 cm³/mol. The topological polar surface area (TPSA) is 53.1 Å². The summed E-state index contributed by atoms with van der Waals surface area (Å²) in [4.78, 5) is 12.3. The molecule has 0 saturated heterocycles. The van der Waals surface area contributed by atoms with Crippen molar-refractivity contribution in [1.29, 1.82) is 0 Å². The lowest BCUT2D eigenvalue weighted by molar-refractivity contribution is -0.289. The molecule has 0 atom stereocenters. The number of H-pyrrole nitrogens is 1. The standard InChI is InChI=1S/C8H6F5NO2/c9-7(10,8(11,12)13)4-1-2-14-5(4)3-6(15)16/h1-2,14H,3H2,(H,15,16). The maximum Gasteiger partial charge on any atom is 0.458 e. The van der Waals surface area contributed by atoms with Gasteiger partial charge < -0.3 is 10.1 Å². The van der Waals surface area contributed by atoms with Gasteiger partial charge >= 0.3 is 18.1 Å². The van der Waals surface area contributed by atoms with Crippen molar-refractivity contribution in [3.63, 3.8) is 0 Å². The molecule has 0 saturated carbocycles. The summed E-state index contributed by atoms with van der Waals surface area (Å²) in [5.41, 5.74) is -2.02. The van der Waals surface area contributed by atoms with E-state index in [1.807, 2.05) is 0 Å². The fourth-order valence-corrected chi connectivity index (χ4v) is 1.15. The van der Waals surface area contributed by atoms with Crippen molar-refractivity contribution in [2.45, 2.75) is 18.5 Å². The first-order chi connectivity index (χ1) is 7.16. The molecule has 1 heterocycles. The average molecular weight is 243 g/mol. The summed E-state index contributed by atoms with van der Waals surface area (Å²) in [6.45, 7) is 0. The molecule has 1 aromatic heterocycles. The van der Waals surface area contributed by atoms with Gasteiger partial charge in [0.1, 0.15) is 0 Å². The Kier molecular flexibility index (Phi) is 2.93. The van der Waals surface area contributed by atoms with E-state index in [2.05, 4.69) is 4.98 Å². The summed E-state index contributed by atoms with van der Waals surface area (Å²) in [7, 11) is 0. The Balaban J connectivity index is 3.14. The molecule has 0 aromatic carbocycles. The van der Waals surface area contributed by atoms with E-state index in [0.717, 1.165) is 6.20 Å². The van der Waals surface area contributed by atoms with Crippen LogP contribution in [0.3, 0.4) is 0 Å². The number of carboxylic acids is 1. The van der Waals surface area contributed by atoms with E-state index in [0.29, 0.717) is 6.07 Å². The average Bonchev–Trinajstić information content (AvgIpc) is 2.49. The molecule has 3 nitrogen and oxygen atoms in total. The van der Waals surface area contributed by atoms with Crippen molar-refractivity contribution >= 4 is 5.97 Å². The summed E-state index contributed by atoms with van der Waals surface area (Å²) in [5, 5.41) is 8.33. The van der Waals surface area contributed by atoms with Crippen LogP contribution >= 0.6 is 0 Å². The number of hydrogen-bond donors (Lipinski definition) is 2. The maximum atomic E-state index is 12.9. The lowest BCUT2D eigenvalue weighted by atomic mass is 10.1. The van der Waals surface area contributed by atoms with Crippen LogP contribution in [0.25, 0.3) is 0 Å². The Bertz CT molecular complexity index is 395. The quantitative estimate of drug-likeness (QED) is 0.800. The zero-order chi connectivity index (χ0) is 12.6. The fourth-order valence-electron chi connectivity index (χ4n) is 1.15. The Morgan fingerprint density at radius 3 is 2.31 bits per heavy atom. The molecule has 8 heteroatoms. The van der Waals surface area contributed by atoms with Gasteiger partial charge in [-0.2, -0.15) is 22.0 Å². The Hall–Kier alpha value is -1.60. The highest BCUT2D eigenvalue weighted by molar-refractivity contribution is 5.70. The van der Waals surface area contributed by atoms with Crippen LogP contribution in [0.15, 0.2) is 12.3 Å². The molecule has 0 unspecified atom stereocenters. The molecule has 0 aliphatic carbocycles. The van der Waals surface area contributed by atoms with E-state index in [-0.39, 0.29) is 0 Å². The van der Waals surface area contributed by atoms with E-state index in [1.54, 1.807) is 0 Å². The summed E-state index contributed by atoms with van der Waals surface area (Å²) < 4.78 is 61.7. The third kappa shape index (κ3) is 2.15. The molecule has 90 valence electrons. The maximum absolute atomic E-state index is 12.9. The minimum absolute atomic E-state index is 0.520. The lowest BCUT2D eigenvalue weighted by Gasteiger charge is -2.19. The summed E-state index contributed by atoms with van der Waals surface area (Å²) in [5.74, 6) is -6.56. The molecule has 1 aromatic rings. The molecular weight excluding hydrogens is 237 g/mol. The second-order valence-electron chi connectivity index (χ2n) is 3.01. The van der Waals surface area contributed by atoms with Gasteiger partial charge in [-0.25, -0.2) is 0 Å².